The topological polar surface area (TPSA) is 72.2 Å². The van der Waals surface area contributed by atoms with Crippen LogP contribution in [-0.2, 0) is 17.9 Å². The summed E-state index contributed by atoms with van der Waals surface area (Å²) in [5.74, 6) is 2.68. The maximum absolute atomic E-state index is 13.6. The second kappa shape index (κ2) is 11.0. The number of halogens is 1. The van der Waals surface area contributed by atoms with E-state index < -0.39 is 0 Å². The Morgan fingerprint density at radius 1 is 0.971 bits per heavy atom. The molecule has 1 aliphatic rings. The minimum absolute atomic E-state index is 0.0340. The van der Waals surface area contributed by atoms with Gasteiger partial charge >= 0.3 is 0 Å². The average molecular weight is 541 g/mol. The molecule has 0 unspecified atom stereocenters. The van der Waals surface area contributed by atoms with E-state index in [4.69, 9.17) is 13.9 Å². The summed E-state index contributed by atoms with van der Waals surface area (Å²) in [7, 11) is 0. The van der Waals surface area contributed by atoms with Gasteiger partial charge < -0.3 is 23.7 Å². The molecule has 0 fully saturated rings. The van der Waals surface area contributed by atoms with E-state index >= 15 is 0 Å². The predicted molar refractivity (Wildman–Crippen MR) is 135 cm³/mol. The first-order valence-electron chi connectivity index (χ1n) is 11.5. The number of ether oxygens (including phenoxy) is 2. The van der Waals surface area contributed by atoms with Crippen LogP contribution in [0.15, 0.2) is 63.5 Å². The number of carbonyl (C=O) groups is 2. The van der Waals surface area contributed by atoms with Gasteiger partial charge in [-0.25, -0.2) is 0 Å². The van der Waals surface area contributed by atoms with E-state index in [2.05, 4.69) is 15.9 Å². The lowest BCUT2D eigenvalue weighted by atomic mass is 10.1. The highest BCUT2D eigenvalue weighted by Gasteiger charge is 2.25. The number of nitrogens with zero attached hydrogens (tertiary/aromatic N) is 2. The molecule has 2 aromatic carbocycles. The summed E-state index contributed by atoms with van der Waals surface area (Å²) in [5.41, 5.74) is 1.44. The molecule has 0 bridgehead atoms. The van der Waals surface area contributed by atoms with Crippen LogP contribution in [0.2, 0.25) is 0 Å². The van der Waals surface area contributed by atoms with Crippen LogP contribution in [0.25, 0.3) is 0 Å². The Bertz CT molecular complexity index is 1210. The van der Waals surface area contributed by atoms with Gasteiger partial charge in [0.25, 0.3) is 5.91 Å². The monoisotopic (exact) mass is 540 g/mol. The first-order valence-corrected chi connectivity index (χ1v) is 12.3. The molecule has 0 atom stereocenters. The van der Waals surface area contributed by atoms with E-state index in [1.807, 2.05) is 63.2 Å². The molecule has 4 rings (SSSR count). The molecule has 0 saturated heterocycles. The van der Waals surface area contributed by atoms with Gasteiger partial charge in [-0.2, -0.15) is 0 Å². The fourth-order valence-electron chi connectivity index (χ4n) is 3.98. The minimum atomic E-state index is -0.176. The summed E-state index contributed by atoms with van der Waals surface area (Å²) in [6.45, 7) is 7.19. The number of amides is 2. The van der Waals surface area contributed by atoms with Crippen molar-refractivity contribution in [1.29, 1.82) is 0 Å². The van der Waals surface area contributed by atoms with Gasteiger partial charge in [-0.15, -0.1) is 0 Å². The van der Waals surface area contributed by atoms with Gasteiger partial charge in [-0.1, -0.05) is 41.9 Å². The van der Waals surface area contributed by atoms with E-state index in [1.54, 1.807) is 21.9 Å². The third kappa shape index (κ3) is 6.45. The third-order valence-electron chi connectivity index (χ3n) is 5.58. The zero-order chi connectivity index (χ0) is 24.9. The number of hydrogen-bond acceptors (Lipinski definition) is 5. The van der Waals surface area contributed by atoms with E-state index in [1.165, 1.54) is 0 Å². The molecule has 1 aliphatic heterocycles. The summed E-state index contributed by atoms with van der Waals surface area (Å²) >= 11 is 3.43. The molecule has 7 nitrogen and oxygen atoms in total. The second-order valence-electron chi connectivity index (χ2n) is 9.04. The largest absolute Gasteiger partial charge is 0.464 e. The maximum Gasteiger partial charge on any atom is 0.254 e. The lowest BCUT2D eigenvalue weighted by molar-refractivity contribution is -0.133. The summed E-state index contributed by atoms with van der Waals surface area (Å²) < 4.78 is 17.5. The quantitative estimate of drug-likeness (QED) is 0.363. The number of fused-ring (bicyclic) bond motifs is 1. The Morgan fingerprint density at radius 3 is 2.49 bits per heavy atom. The fourth-order valence-corrected chi connectivity index (χ4v) is 4.38. The van der Waals surface area contributed by atoms with Gasteiger partial charge in [0, 0.05) is 23.1 Å². The van der Waals surface area contributed by atoms with E-state index in [-0.39, 0.29) is 31.1 Å². The highest BCUT2D eigenvalue weighted by atomic mass is 79.9. The highest BCUT2D eigenvalue weighted by Crippen LogP contribution is 2.33. The molecule has 8 heteroatoms. The van der Waals surface area contributed by atoms with E-state index in [9.17, 15) is 9.59 Å². The second-order valence-corrected chi connectivity index (χ2v) is 9.96. The van der Waals surface area contributed by atoms with Gasteiger partial charge in [0.1, 0.15) is 18.1 Å². The van der Waals surface area contributed by atoms with Crippen LogP contribution in [0.1, 0.15) is 41.3 Å². The minimum Gasteiger partial charge on any atom is -0.464 e. The van der Waals surface area contributed by atoms with Crippen molar-refractivity contribution in [3.63, 3.8) is 0 Å². The number of carbonyl (C=O) groups excluding carboxylic acids is 2. The van der Waals surface area contributed by atoms with Crippen molar-refractivity contribution in [2.24, 2.45) is 5.92 Å². The first kappa shape index (κ1) is 24.9. The van der Waals surface area contributed by atoms with Crippen LogP contribution in [0.3, 0.4) is 0 Å². The molecule has 1 aromatic heterocycles. The van der Waals surface area contributed by atoms with Crippen molar-refractivity contribution < 1.29 is 23.5 Å². The van der Waals surface area contributed by atoms with Gasteiger partial charge in [0.05, 0.1) is 6.54 Å². The summed E-state index contributed by atoms with van der Waals surface area (Å²) in [6, 6.07) is 16.6. The summed E-state index contributed by atoms with van der Waals surface area (Å²) in [4.78, 5) is 30.3. The molecule has 35 heavy (non-hydrogen) atoms. The van der Waals surface area contributed by atoms with Crippen LogP contribution < -0.4 is 9.47 Å². The molecule has 2 heterocycles. The standard InChI is InChI=1S/C27H29BrN2O5/c1-18(2)13-30(27(32)21-5-4-6-22(28)12-21)16-26(31)29(15-23-9-7-19(3)35-23)14-20-8-10-24-25(11-20)34-17-33-24/h4-12,18H,13-17H2,1-3H3. The zero-order valence-electron chi connectivity index (χ0n) is 20.1. The molecular weight excluding hydrogens is 512 g/mol. The van der Waals surface area contributed by atoms with E-state index in [0.717, 1.165) is 15.8 Å². The molecule has 0 N–H and O–H groups in total. The lowest BCUT2D eigenvalue weighted by Gasteiger charge is -2.28. The lowest BCUT2D eigenvalue weighted by Crippen LogP contribution is -2.43. The van der Waals surface area contributed by atoms with Crippen molar-refractivity contribution in [3.8, 4) is 11.5 Å². The Kier molecular flexibility index (Phi) is 7.80. The van der Waals surface area contributed by atoms with Crippen molar-refractivity contribution in [2.75, 3.05) is 19.9 Å². The highest BCUT2D eigenvalue weighted by molar-refractivity contribution is 9.10. The molecule has 3 aromatic rings. The first-order chi connectivity index (χ1) is 16.8. The number of hydrogen-bond donors (Lipinski definition) is 0. The SMILES string of the molecule is Cc1ccc(CN(Cc2ccc3c(c2)OCO3)C(=O)CN(CC(C)C)C(=O)c2cccc(Br)c2)o1. The van der Waals surface area contributed by atoms with Crippen molar-refractivity contribution in [3.05, 3.63) is 81.7 Å². The molecular formula is C27H29BrN2O5. The van der Waals surface area contributed by atoms with Crippen LogP contribution in [-0.4, -0.2) is 41.5 Å². The van der Waals surface area contributed by atoms with E-state index in [0.29, 0.717) is 42.5 Å². The van der Waals surface area contributed by atoms with Gasteiger partial charge in [-0.3, -0.25) is 9.59 Å². The Hall–Kier alpha value is -3.26. The van der Waals surface area contributed by atoms with Crippen LogP contribution >= 0.6 is 15.9 Å². The smallest absolute Gasteiger partial charge is 0.254 e. The number of rotatable bonds is 9. The molecule has 0 radical (unpaired) electrons. The average Bonchev–Trinajstić information content (AvgIpc) is 3.45. The molecule has 2 amide bonds. The molecule has 0 saturated carbocycles. The number of furan rings is 1. The fraction of sp³-hybridized carbons (Fsp3) is 0.333. The van der Waals surface area contributed by atoms with Crippen LogP contribution in [0.5, 0.6) is 11.5 Å². The number of benzene rings is 2. The Labute approximate surface area is 213 Å². The Balaban J connectivity index is 1.56. The zero-order valence-corrected chi connectivity index (χ0v) is 21.7. The van der Waals surface area contributed by atoms with Crippen molar-refractivity contribution in [1.82, 2.24) is 9.80 Å². The summed E-state index contributed by atoms with van der Waals surface area (Å²) in [5, 5.41) is 0. The van der Waals surface area contributed by atoms with Crippen molar-refractivity contribution >= 4 is 27.7 Å². The number of aryl methyl sites for hydroxylation is 1. The van der Waals surface area contributed by atoms with Gasteiger partial charge in [0.2, 0.25) is 12.7 Å². The molecule has 0 spiro atoms. The van der Waals surface area contributed by atoms with Crippen molar-refractivity contribution in [2.45, 2.75) is 33.9 Å². The molecule has 0 aliphatic carbocycles. The van der Waals surface area contributed by atoms with Gasteiger partial charge in [-0.05, 0) is 60.9 Å². The van der Waals surface area contributed by atoms with Crippen LogP contribution in [0.4, 0.5) is 0 Å². The van der Waals surface area contributed by atoms with Gasteiger partial charge in [0.15, 0.2) is 11.5 Å². The Morgan fingerprint density at radius 2 is 1.77 bits per heavy atom. The van der Waals surface area contributed by atoms with Crippen LogP contribution in [0, 0.1) is 12.8 Å². The maximum atomic E-state index is 13.6. The normalized spacial score (nSPS) is 12.1. The predicted octanol–water partition coefficient (Wildman–Crippen LogP) is 5.41. The summed E-state index contributed by atoms with van der Waals surface area (Å²) in [6.07, 6.45) is 0. The third-order valence-corrected chi connectivity index (χ3v) is 6.07. The molecule has 184 valence electrons.